The highest BCUT2D eigenvalue weighted by Crippen LogP contribution is 2.26. The smallest absolute Gasteiger partial charge is 0.318 e. The molecule has 0 atom stereocenters. The van der Waals surface area contributed by atoms with Crippen molar-refractivity contribution < 1.29 is 18.4 Å². The highest BCUT2D eigenvalue weighted by atomic mass is 19.1. The Morgan fingerprint density at radius 2 is 1.86 bits per heavy atom. The van der Waals surface area contributed by atoms with Crippen molar-refractivity contribution in [2.75, 3.05) is 11.4 Å². The Kier molecular flexibility index (Phi) is 6.53. The number of carbonyl (C=O) groups excluding carboxylic acids is 2. The fourth-order valence-electron chi connectivity index (χ4n) is 4.44. The number of fused-ring (bicyclic) bond motifs is 1. The fraction of sp³-hybridized carbons (Fsp3) is 0.222. The normalized spacial score (nSPS) is 12.8. The van der Waals surface area contributed by atoms with Crippen molar-refractivity contribution in [1.29, 1.82) is 0 Å². The molecule has 4 aromatic rings. The van der Waals surface area contributed by atoms with Crippen LogP contribution in [-0.4, -0.2) is 33.2 Å². The molecule has 0 spiro atoms. The Morgan fingerprint density at radius 1 is 1.08 bits per heavy atom. The third-order valence-corrected chi connectivity index (χ3v) is 6.32. The molecule has 3 amide bonds. The number of rotatable bonds is 6. The number of benzene rings is 2. The van der Waals surface area contributed by atoms with E-state index in [1.807, 2.05) is 48.1 Å². The van der Waals surface area contributed by atoms with Crippen LogP contribution in [0.1, 0.15) is 33.1 Å². The molecular formula is C27H26FN5O3. The number of nitrogens with one attached hydrogen (secondary N) is 1. The Labute approximate surface area is 207 Å². The molecule has 1 N–H and O–H groups in total. The van der Waals surface area contributed by atoms with Gasteiger partial charge in [0.15, 0.2) is 0 Å². The van der Waals surface area contributed by atoms with E-state index in [-0.39, 0.29) is 18.5 Å². The minimum Gasteiger partial charge on any atom is -0.467 e. The number of aromatic nitrogens is 2. The average Bonchev–Trinajstić information content (AvgIpc) is 3.54. The zero-order chi connectivity index (χ0) is 25.1. The number of halogens is 1. The first-order chi connectivity index (χ1) is 17.5. The minimum atomic E-state index is -0.401. The van der Waals surface area contributed by atoms with Crippen LogP contribution >= 0.6 is 0 Å². The van der Waals surface area contributed by atoms with Gasteiger partial charge in [0.05, 0.1) is 31.6 Å². The molecule has 5 rings (SSSR count). The van der Waals surface area contributed by atoms with E-state index in [0.29, 0.717) is 43.1 Å². The molecule has 3 heterocycles. The van der Waals surface area contributed by atoms with Crippen LogP contribution in [0.3, 0.4) is 0 Å². The monoisotopic (exact) mass is 487 g/mol. The van der Waals surface area contributed by atoms with Gasteiger partial charge in [-0.2, -0.15) is 5.10 Å². The molecule has 0 saturated heterocycles. The Morgan fingerprint density at radius 3 is 2.58 bits per heavy atom. The van der Waals surface area contributed by atoms with Crippen LogP contribution in [0.25, 0.3) is 0 Å². The summed E-state index contributed by atoms with van der Waals surface area (Å²) in [5.41, 5.74) is 3.78. The third kappa shape index (κ3) is 4.86. The summed E-state index contributed by atoms with van der Waals surface area (Å²) in [5.74, 6) is 0.0207. The van der Waals surface area contributed by atoms with Crippen LogP contribution in [0, 0.1) is 5.82 Å². The number of hydrogen-bond acceptors (Lipinski definition) is 4. The van der Waals surface area contributed by atoms with Gasteiger partial charge < -0.3 is 19.5 Å². The molecule has 2 aromatic heterocycles. The molecule has 0 radical (unpaired) electrons. The van der Waals surface area contributed by atoms with Gasteiger partial charge in [0.2, 0.25) is 0 Å². The predicted molar refractivity (Wildman–Crippen MR) is 132 cm³/mol. The van der Waals surface area contributed by atoms with Crippen LogP contribution in [-0.2, 0) is 33.1 Å². The number of urea groups is 1. The van der Waals surface area contributed by atoms with Gasteiger partial charge in [0.25, 0.3) is 5.91 Å². The minimum absolute atomic E-state index is 0.186. The van der Waals surface area contributed by atoms with Gasteiger partial charge in [-0.25, -0.2) is 9.18 Å². The van der Waals surface area contributed by atoms with Gasteiger partial charge in [-0.15, -0.1) is 0 Å². The first kappa shape index (κ1) is 23.3. The van der Waals surface area contributed by atoms with Crippen molar-refractivity contribution in [2.45, 2.75) is 26.1 Å². The van der Waals surface area contributed by atoms with E-state index >= 15 is 0 Å². The molecule has 1 aliphatic rings. The molecule has 0 saturated carbocycles. The predicted octanol–water partition coefficient (Wildman–Crippen LogP) is 4.27. The maximum absolute atomic E-state index is 13.5. The molecule has 0 bridgehead atoms. The molecule has 0 aliphatic carbocycles. The molecule has 0 fully saturated rings. The number of aryl methyl sites for hydroxylation is 1. The molecule has 1 aliphatic heterocycles. The van der Waals surface area contributed by atoms with Crippen LogP contribution in [0.15, 0.2) is 77.4 Å². The quantitative estimate of drug-likeness (QED) is 0.440. The molecule has 36 heavy (non-hydrogen) atoms. The van der Waals surface area contributed by atoms with Crippen molar-refractivity contribution in [3.05, 3.63) is 107 Å². The lowest BCUT2D eigenvalue weighted by atomic mass is 10.0. The summed E-state index contributed by atoms with van der Waals surface area (Å²) in [6.45, 7) is 1.47. The summed E-state index contributed by atoms with van der Waals surface area (Å²) >= 11 is 0. The second kappa shape index (κ2) is 10.1. The third-order valence-electron chi connectivity index (χ3n) is 6.32. The molecule has 8 nitrogen and oxygen atoms in total. The van der Waals surface area contributed by atoms with E-state index in [1.54, 1.807) is 22.1 Å². The molecule has 9 heteroatoms. The molecule has 184 valence electrons. The van der Waals surface area contributed by atoms with Gasteiger partial charge in [-0.3, -0.25) is 9.48 Å². The summed E-state index contributed by atoms with van der Waals surface area (Å²) in [6, 6.07) is 18.2. The lowest BCUT2D eigenvalue weighted by Crippen LogP contribution is -2.43. The number of carbonyl (C=O) groups is 2. The second-order valence-corrected chi connectivity index (χ2v) is 8.64. The van der Waals surface area contributed by atoms with Crippen LogP contribution in [0.5, 0.6) is 0 Å². The number of amides is 3. The Hall–Kier alpha value is -4.40. The van der Waals surface area contributed by atoms with E-state index in [9.17, 15) is 14.0 Å². The number of furan rings is 1. The van der Waals surface area contributed by atoms with E-state index in [1.165, 1.54) is 24.3 Å². The summed E-state index contributed by atoms with van der Waals surface area (Å²) in [6.07, 6.45) is 2.23. The topological polar surface area (TPSA) is 83.6 Å². The van der Waals surface area contributed by atoms with Crippen LogP contribution in [0.4, 0.5) is 14.9 Å². The summed E-state index contributed by atoms with van der Waals surface area (Å²) in [5, 5.41) is 7.61. The van der Waals surface area contributed by atoms with Gasteiger partial charge in [-0.1, -0.05) is 18.2 Å². The fourth-order valence-corrected chi connectivity index (χ4v) is 4.44. The van der Waals surface area contributed by atoms with E-state index in [2.05, 4.69) is 5.32 Å². The highest BCUT2D eigenvalue weighted by molar-refractivity contribution is 6.06. The number of para-hydroxylation sites is 1. The van der Waals surface area contributed by atoms with Crippen molar-refractivity contribution in [3.63, 3.8) is 0 Å². The van der Waals surface area contributed by atoms with Gasteiger partial charge in [-0.05, 0) is 48.5 Å². The van der Waals surface area contributed by atoms with E-state index in [4.69, 9.17) is 9.52 Å². The van der Waals surface area contributed by atoms with E-state index in [0.717, 1.165) is 17.0 Å². The number of hydrogen-bond donors (Lipinski definition) is 1. The van der Waals surface area contributed by atoms with E-state index < -0.39 is 5.82 Å². The number of nitrogens with zero attached hydrogens (tertiary/aromatic N) is 4. The van der Waals surface area contributed by atoms with Gasteiger partial charge in [0, 0.05) is 42.5 Å². The van der Waals surface area contributed by atoms with Crippen molar-refractivity contribution in [1.82, 2.24) is 20.0 Å². The maximum Gasteiger partial charge on any atom is 0.318 e. The zero-order valence-corrected chi connectivity index (χ0v) is 19.9. The Bertz CT molecular complexity index is 1350. The molecular weight excluding hydrogens is 461 g/mol. The van der Waals surface area contributed by atoms with Gasteiger partial charge in [0.1, 0.15) is 11.6 Å². The average molecular weight is 488 g/mol. The summed E-state index contributed by atoms with van der Waals surface area (Å²) in [4.78, 5) is 29.7. The maximum atomic E-state index is 13.5. The van der Waals surface area contributed by atoms with Gasteiger partial charge >= 0.3 is 6.03 Å². The Balaban J connectivity index is 1.39. The number of anilines is 1. The lowest BCUT2D eigenvalue weighted by molar-refractivity contribution is 0.0984. The van der Waals surface area contributed by atoms with Crippen molar-refractivity contribution >= 4 is 17.6 Å². The second-order valence-electron chi connectivity index (χ2n) is 8.64. The first-order valence-electron chi connectivity index (χ1n) is 11.7. The summed E-state index contributed by atoms with van der Waals surface area (Å²) < 4.78 is 20.6. The lowest BCUT2D eigenvalue weighted by Gasteiger charge is -2.28. The largest absolute Gasteiger partial charge is 0.467 e. The molecule has 0 unspecified atom stereocenters. The zero-order valence-electron chi connectivity index (χ0n) is 19.9. The van der Waals surface area contributed by atoms with Crippen molar-refractivity contribution in [3.8, 4) is 0 Å². The highest BCUT2D eigenvalue weighted by Gasteiger charge is 2.29. The summed E-state index contributed by atoms with van der Waals surface area (Å²) in [7, 11) is 1.88. The first-order valence-corrected chi connectivity index (χ1v) is 11.7. The molecule has 2 aromatic carbocycles. The SMILES string of the molecule is Cn1nc(CN(C(=O)c2ccc(F)cc2)c2ccccc2)c2c1CCN(C(=O)NCc1ccco1)C2. The van der Waals surface area contributed by atoms with Crippen LogP contribution < -0.4 is 10.2 Å². The van der Waals surface area contributed by atoms with Crippen LogP contribution in [0.2, 0.25) is 0 Å². The van der Waals surface area contributed by atoms with Crippen molar-refractivity contribution in [2.24, 2.45) is 7.05 Å². The standard InChI is InChI=1S/C27H26FN5O3/c1-31-25-13-14-32(27(35)29-16-22-8-5-15-36-22)17-23(25)24(30-31)18-33(21-6-3-2-4-7-21)26(34)19-9-11-20(28)12-10-19/h2-12,15H,13-14,16-18H2,1H3,(H,29,35).